The number of benzene rings is 1. The molecule has 19 heavy (non-hydrogen) atoms. The number of carboxylic acid groups (broad SMARTS) is 1. The molecule has 0 spiro atoms. The van der Waals surface area contributed by atoms with Crippen LogP contribution in [0.1, 0.15) is 36.8 Å². The van der Waals surface area contributed by atoms with Crippen LogP contribution in [-0.2, 0) is 5.54 Å². The van der Waals surface area contributed by atoms with Crippen molar-refractivity contribution >= 4 is 5.97 Å². The Labute approximate surface area is 112 Å². The summed E-state index contributed by atoms with van der Waals surface area (Å²) in [5, 5.41) is 13.5. The van der Waals surface area contributed by atoms with Crippen molar-refractivity contribution in [2.24, 2.45) is 0 Å². The number of carboxylic acids is 1. The Kier molecular flexibility index (Phi) is 3.18. The first-order valence-corrected chi connectivity index (χ1v) is 6.21. The number of aromatic nitrogens is 2. The molecule has 0 bridgehead atoms. The fourth-order valence-electron chi connectivity index (χ4n) is 2.12. The molecule has 0 atom stereocenters. The van der Waals surface area contributed by atoms with Crippen LogP contribution in [0.5, 0.6) is 0 Å². The quantitative estimate of drug-likeness (QED) is 0.899. The van der Waals surface area contributed by atoms with Crippen molar-refractivity contribution in [3.8, 4) is 11.3 Å². The van der Waals surface area contributed by atoms with Gasteiger partial charge in [0.05, 0.1) is 11.2 Å². The van der Waals surface area contributed by atoms with Gasteiger partial charge in [-0.15, -0.1) is 0 Å². The maximum absolute atomic E-state index is 11.3. The van der Waals surface area contributed by atoms with E-state index in [9.17, 15) is 9.90 Å². The molecule has 100 valence electrons. The van der Waals surface area contributed by atoms with Gasteiger partial charge in [0, 0.05) is 11.1 Å². The predicted octanol–water partition coefficient (Wildman–Crippen LogP) is 3.31. The summed E-state index contributed by atoms with van der Waals surface area (Å²) in [7, 11) is 0. The van der Waals surface area contributed by atoms with Crippen molar-refractivity contribution in [1.82, 2.24) is 9.78 Å². The Hall–Kier alpha value is -2.10. The predicted molar refractivity (Wildman–Crippen MR) is 74.4 cm³/mol. The lowest BCUT2D eigenvalue weighted by atomic mass is 10.0. The van der Waals surface area contributed by atoms with Gasteiger partial charge in [0.1, 0.15) is 0 Å². The zero-order valence-electron chi connectivity index (χ0n) is 11.6. The SMILES string of the molecule is Cc1c(C(=O)O)nn(C(C)(C)C)c1-c1ccccc1. The van der Waals surface area contributed by atoms with E-state index in [-0.39, 0.29) is 11.2 Å². The molecule has 2 aromatic rings. The molecule has 0 amide bonds. The van der Waals surface area contributed by atoms with Crippen molar-refractivity contribution in [1.29, 1.82) is 0 Å². The van der Waals surface area contributed by atoms with Gasteiger partial charge in [-0.3, -0.25) is 4.68 Å². The molecule has 4 heteroatoms. The van der Waals surface area contributed by atoms with Gasteiger partial charge < -0.3 is 5.11 Å². The minimum absolute atomic E-state index is 0.119. The number of aromatic carboxylic acids is 1. The lowest BCUT2D eigenvalue weighted by Crippen LogP contribution is -2.24. The summed E-state index contributed by atoms with van der Waals surface area (Å²) in [6.07, 6.45) is 0. The van der Waals surface area contributed by atoms with E-state index < -0.39 is 5.97 Å². The number of hydrogen-bond acceptors (Lipinski definition) is 2. The van der Waals surface area contributed by atoms with Gasteiger partial charge in [-0.1, -0.05) is 30.3 Å². The monoisotopic (exact) mass is 258 g/mol. The van der Waals surface area contributed by atoms with E-state index in [1.165, 1.54) is 0 Å². The first-order chi connectivity index (χ1) is 8.82. The minimum Gasteiger partial charge on any atom is -0.476 e. The molecule has 4 nitrogen and oxygen atoms in total. The average Bonchev–Trinajstić information content (AvgIpc) is 2.68. The second-order valence-electron chi connectivity index (χ2n) is 5.58. The average molecular weight is 258 g/mol. The zero-order valence-corrected chi connectivity index (χ0v) is 11.6. The highest BCUT2D eigenvalue weighted by atomic mass is 16.4. The fourth-order valence-corrected chi connectivity index (χ4v) is 2.12. The van der Waals surface area contributed by atoms with E-state index in [4.69, 9.17) is 0 Å². The number of carbonyl (C=O) groups is 1. The molecule has 1 aromatic carbocycles. The van der Waals surface area contributed by atoms with Crippen LogP contribution >= 0.6 is 0 Å². The minimum atomic E-state index is -0.988. The lowest BCUT2D eigenvalue weighted by molar-refractivity contribution is 0.0688. The summed E-state index contributed by atoms with van der Waals surface area (Å²) < 4.78 is 1.79. The molecular weight excluding hydrogens is 240 g/mol. The smallest absolute Gasteiger partial charge is 0.356 e. The summed E-state index contributed by atoms with van der Waals surface area (Å²) in [6.45, 7) is 7.84. The number of rotatable bonds is 2. The van der Waals surface area contributed by atoms with Gasteiger partial charge in [-0.25, -0.2) is 4.79 Å². The van der Waals surface area contributed by atoms with Crippen LogP contribution in [0.25, 0.3) is 11.3 Å². The van der Waals surface area contributed by atoms with Gasteiger partial charge in [-0.2, -0.15) is 5.10 Å². The van der Waals surface area contributed by atoms with Crippen molar-refractivity contribution < 1.29 is 9.90 Å². The van der Waals surface area contributed by atoms with Crippen molar-refractivity contribution in [3.05, 3.63) is 41.6 Å². The van der Waals surface area contributed by atoms with Crippen molar-refractivity contribution in [2.45, 2.75) is 33.2 Å². The molecule has 1 N–H and O–H groups in total. The standard InChI is InChI=1S/C15H18N2O2/c1-10-12(14(18)19)16-17(15(2,3)4)13(10)11-8-6-5-7-9-11/h5-9H,1-4H3,(H,18,19). The fraction of sp³-hybridized carbons (Fsp3) is 0.333. The van der Waals surface area contributed by atoms with Crippen molar-refractivity contribution in [3.63, 3.8) is 0 Å². The summed E-state index contributed by atoms with van der Waals surface area (Å²) in [5.74, 6) is -0.988. The summed E-state index contributed by atoms with van der Waals surface area (Å²) >= 11 is 0. The molecule has 0 aliphatic rings. The van der Waals surface area contributed by atoms with E-state index >= 15 is 0 Å². The second-order valence-corrected chi connectivity index (χ2v) is 5.58. The maximum Gasteiger partial charge on any atom is 0.356 e. The molecule has 0 aliphatic carbocycles. The van der Waals surface area contributed by atoms with Crippen LogP contribution in [0.4, 0.5) is 0 Å². The third-order valence-electron chi connectivity index (χ3n) is 3.01. The van der Waals surface area contributed by atoms with E-state index in [1.54, 1.807) is 11.6 Å². The van der Waals surface area contributed by atoms with Crippen LogP contribution < -0.4 is 0 Å². The highest BCUT2D eigenvalue weighted by Gasteiger charge is 2.26. The van der Waals surface area contributed by atoms with Gasteiger partial charge >= 0.3 is 5.97 Å². The highest BCUT2D eigenvalue weighted by Crippen LogP contribution is 2.30. The second kappa shape index (κ2) is 4.53. The molecule has 0 saturated heterocycles. The Balaban J connectivity index is 2.75. The van der Waals surface area contributed by atoms with Crippen molar-refractivity contribution in [2.75, 3.05) is 0 Å². The first-order valence-electron chi connectivity index (χ1n) is 6.21. The first kappa shape index (κ1) is 13.3. The van der Waals surface area contributed by atoms with E-state index in [0.29, 0.717) is 5.56 Å². The van der Waals surface area contributed by atoms with Crippen LogP contribution in [0, 0.1) is 6.92 Å². The maximum atomic E-state index is 11.3. The Bertz CT molecular complexity index is 607. The third-order valence-corrected chi connectivity index (χ3v) is 3.01. The number of hydrogen-bond donors (Lipinski definition) is 1. The normalized spacial score (nSPS) is 11.6. The van der Waals surface area contributed by atoms with Crippen LogP contribution in [0.2, 0.25) is 0 Å². The molecule has 2 rings (SSSR count). The molecule has 0 aliphatic heterocycles. The van der Waals surface area contributed by atoms with E-state index in [1.807, 2.05) is 51.1 Å². The van der Waals surface area contributed by atoms with E-state index in [0.717, 1.165) is 11.3 Å². The largest absolute Gasteiger partial charge is 0.476 e. The van der Waals surface area contributed by atoms with E-state index in [2.05, 4.69) is 5.10 Å². The van der Waals surface area contributed by atoms with Crippen LogP contribution in [0.15, 0.2) is 30.3 Å². The topological polar surface area (TPSA) is 55.1 Å². The molecule has 0 unspecified atom stereocenters. The van der Waals surface area contributed by atoms with Gasteiger partial charge in [-0.05, 0) is 27.7 Å². The zero-order chi connectivity index (χ0) is 14.2. The van der Waals surface area contributed by atoms with Gasteiger partial charge in [0.15, 0.2) is 5.69 Å². The molecule has 1 aromatic heterocycles. The number of nitrogens with zero attached hydrogens (tertiary/aromatic N) is 2. The Morgan fingerprint density at radius 1 is 1.21 bits per heavy atom. The third kappa shape index (κ3) is 2.38. The summed E-state index contributed by atoms with van der Waals surface area (Å²) in [5.41, 5.74) is 2.40. The molecule has 0 saturated carbocycles. The highest BCUT2D eigenvalue weighted by molar-refractivity contribution is 5.89. The molecule has 0 fully saturated rings. The lowest BCUT2D eigenvalue weighted by Gasteiger charge is -2.22. The summed E-state index contributed by atoms with van der Waals surface area (Å²) in [4.78, 5) is 11.3. The Morgan fingerprint density at radius 2 is 1.79 bits per heavy atom. The molecule has 0 radical (unpaired) electrons. The Morgan fingerprint density at radius 3 is 2.26 bits per heavy atom. The van der Waals surface area contributed by atoms with Gasteiger partial charge in [0.25, 0.3) is 0 Å². The molecule has 1 heterocycles. The van der Waals surface area contributed by atoms with Gasteiger partial charge in [0.2, 0.25) is 0 Å². The van der Waals surface area contributed by atoms with Crippen LogP contribution in [-0.4, -0.2) is 20.9 Å². The summed E-state index contributed by atoms with van der Waals surface area (Å²) in [6, 6.07) is 9.76. The molecular formula is C15H18N2O2. The van der Waals surface area contributed by atoms with Crippen LogP contribution in [0.3, 0.4) is 0 Å².